The zero-order chi connectivity index (χ0) is 11.7. The molecule has 16 heavy (non-hydrogen) atoms. The minimum absolute atomic E-state index is 0.0608. The van der Waals surface area contributed by atoms with Crippen molar-refractivity contribution < 1.29 is 15.0 Å². The van der Waals surface area contributed by atoms with Crippen LogP contribution in [0.2, 0.25) is 0 Å². The summed E-state index contributed by atoms with van der Waals surface area (Å²) in [4.78, 5) is 15.2. The van der Waals surface area contributed by atoms with Gasteiger partial charge in [0.2, 0.25) is 0 Å². The summed E-state index contributed by atoms with van der Waals surface area (Å²) in [5, 5.41) is 17.9. The molecule has 2 heterocycles. The van der Waals surface area contributed by atoms with Crippen molar-refractivity contribution in [3.8, 4) is 0 Å². The Morgan fingerprint density at radius 2 is 2.38 bits per heavy atom. The maximum absolute atomic E-state index is 10.9. The third-order valence-corrected chi connectivity index (χ3v) is 3.56. The summed E-state index contributed by atoms with van der Waals surface area (Å²) < 4.78 is 2.72. The van der Waals surface area contributed by atoms with Crippen molar-refractivity contribution >= 4 is 21.9 Å². The Kier molecular flexibility index (Phi) is 3.30. The Hall–Kier alpha value is -0.880. The Balaban J connectivity index is 2.29. The summed E-state index contributed by atoms with van der Waals surface area (Å²) in [5.41, 5.74) is 0.933. The molecule has 0 saturated carbocycles. The number of carboxylic acids is 1. The average Bonchev–Trinajstić information content (AvgIpc) is 2.56. The molecule has 6 heteroatoms. The quantitative estimate of drug-likeness (QED) is 0.864. The van der Waals surface area contributed by atoms with E-state index in [4.69, 9.17) is 10.2 Å². The fourth-order valence-electron chi connectivity index (χ4n) is 2.09. The molecule has 1 aliphatic heterocycles. The number of rotatable bonds is 3. The van der Waals surface area contributed by atoms with Crippen molar-refractivity contribution in [3.05, 3.63) is 16.1 Å². The van der Waals surface area contributed by atoms with E-state index in [0.717, 1.165) is 11.5 Å². The van der Waals surface area contributed by atoms with Crippen molar-refractivity contribution in [2.45, 2.75) is 25.8 Å². The average molecular weight is 289 g/mol. The third-order valence-electron chi connectivity index (χ3n) is 2.93. The normalized spacial score (nSPS) is 19.5. The molecule has 0 bridgehead atoms. The van der Waals surface area contributed by atoms with Crippen molar-refractivity contribution in [2.24, 2.45) is 5.92 Å². The van der Waals surface area contributed by atoms with Gasteiger partial charge in [0, 0.05) is 19.4 Å². The van der Waals surface area contributed by atoms with Gasteiger partial charge in [0.15, 0.2) is 0 Å². The van der Waals surface area contributed by atoms with Gasteiger partial charge in [-0.1, -0.05) is 0 Å². The standard InChI is InChI=1S/C10H13BrN2O3/c11-9-7-5-6(10(15)16)1-3-13(7)8(12-9)2-4-14/h6,14H,1-5H2,(H,15,16). The first-order valence-corrected chi connectivity index (χ1v) is 6.00. The van der Waals surface area contributed by atoms with E-state index >= 15 is 0 Å². The highest BCUT2D eigenvalue weighted by Gasteiger charge is 2.28. The molecule has 0 aromatic carbocycles. The van der Waals surface area contributed by atoms with Crippen molar-refractivity contribution in [2.75, 3.05) is 6.61 Å². The summed E-state index contributed by atoms with van der Waals surface area (Å²) in [6.45, 7) is 0.728. The van der Waals surface area contributed by atoms with Gasteiger partial charge < -0.3 is 14.8 Å². The second-order valence-electron chi connectivity index (χ2n) is 3.92. The molecule has 0 fully saturated rings. The van der Waals surface area contributed by atoms with Crippen LogP contribution in [-0.2, 0) is 24.2 Å². The van der Waals surface area contributed by atoms with Gasteiger partial charge in [-0.05, 0) is 22.4 Å². The first-order chi connectivity index (χ1) is 7.63. The summed E-state index contributed by atoms with van der Waals surface area (Å²) in [5.74, 6) is -0.237. The maximum Gasteiger partial charge on any atom is 0.306 e. The molecule has 5 nitrogen and oxygen atoms in total. The smallest absolute Gasteiger partial charge is 0.306 e. The van der Waals surface area contributed by atoms with E-state index in [0.29, 0.717) is 30.4 Å². The fraction of sp³-hybridized carbons (Fsp3) is 0.600. The minimum Gasteiger partial charge on any atom is -0.481 e. The van der Waals surface area contributed by atoms with Gasteiger partial charge in [0.25, 0.3) is 0 Å². The second-order valence-corrected chi connectivity index (χ2v) is 4.67. The van der Waals surface area contributed by atoms with Crippen LogP contribution in [0.1, 0.15) is 17.9 Å². The SMILES string of the molecule is O=C(O)C1CCn2c(CCO)nc(Br)c2C1. The number of fused-ring (bicyclic) bond motifs is 1. The number of hydrogen-bond acceptors (Lipinski definition) is 3. The highest BCUT2D eigenvalue weighted by atomic mass is 79.9. The van der Waals surface area contributed by atoms with Crippen molar-refractivity contribution in [1.29, 1.82) is 0 Å². The van der Waals surface area contributed by atoms with E-state index in [1.807, 2.05) is 4.57 Å². The minimum atomic E-state index is -0.747. The lowest BCUT2D eigenvalue weighted by molar-refractivity contribution is -0.142. The molecular weight excluding hydrogens is 276 g/mol. The van der Waals surface area contributed by atoms with Crippen LogP contribution in [-0.4, -0.2) is 32.3 Å². The van der Waals surface area contributed by atoms with Crippen LogP contribution < -0.4 is 0 Å². The third kappa shape index (κ3) is 1.99. The molecule has 0 radical (unpaired) electrons. The van der Waals surface area contributed by atoms with Gasteiger partial charge in [-0.2, -0.15) is 0 Å². The van der Waals surface area contributed by atoms with Crippen LogP contribution in [0.25, 0.3) is 0 Å². The molecule has 1 atom stereocenters. The summed E-state index contributed by atoms with van der Waals surface area (Å²) >= 11 is 3.34. The lowest BCUT2D eigenvalue weighted by Gasteiger charge is -2.22. The summed E-state index contributed by atoms with van der Waals surface area (Å²) in [7, 11) is 0. The predicted octanol–water partition coefficient (Wildman–Crippen LogP) is 0.827. The Morgan fingerprint density at radius 1 is 1.62 bits per heavy atom. The van der Waals surface area contributed by atoms with E-state index in [2.05, 4.69) is 20.9 Å². The van der Waals surface area contributed by atoms with E-state index in [1.165, 1.54) is 0 Å². The number of halogens is 1. The van der Waals surface area contributed by atoms with E-state index < -0.39 is 5.97 Å². The number of aliphatic hydroxyl groups excluding tert-OH is 1. The molecule has 2 N–H and O–H groups in total. The number of carbonyl (C=O) groups is 1. The Morgan fingerprint density at radius 3 is 3.00 bits per heavy atom. The number of hydrogen-bond donors (Lipinski definition) is 2. The molecule has 0 spiro atoms. The summed E-state index contributed by atoms with van der Waals surface area (Å²) in [6, 6.07) is 0. The van der Waals surface area contributed by atoms with Crippen molar-refractivity contribution in [3.63, 3.8) is 0 Å². The molecule has 0 amide bonds. The van der Waals surface area contributed by atoms with E-state index in [9.17, 15) is 4.79 Å². The van der Waals surface area contributed by atoms with Gasteiger partial charge in [-0.15, -0.1) is 0 Å². The molecule has 2 rings (SSSR count). The zero-order valence-corrected chi connectivity index (χ0v) is 10.3. The molecule has 1 aliphatic rings. The van der Waals surface area contributed by atoms with Gasteiger partial charge >= 0.3 is 5.97 Å². The molecule has 0 aliphatic carbocycles. The number of aliphatic carboxylic acids is 1. The van der Waals surface area contributed by atoms with Crippen molar-refractivity contribution in [1.82, 2.24) is 9.55 Å². The molecular formula is C10H13BrN2O3. The molecule has 88 valence electrons. The van der Waals surface area contributed by atoms with Gasteiger partial charge in [-0.25, -0.2) is 4.98 Å². The monoisotopic (exact) mass is 288 g/mol. The maximum atomic E-state index is 10.9. The van der Waals surface area contributed by atoms with Crippen LogP contribution in [0.3, 0.4) is 0 Å². The van der Waals surface area contributed by atoms with E-state index in [1.54, 1.807) is 0 Å². The van der Waals surface area contributed by atoms with Crippen LogP contribution >= 0.6 is 15.9 Å². The Bertz CT molecular complexity index is 416. The molecule has 1 aromatic heterocycles. The number of aromatic nitrogens is 2. The molecule has 0 saturated heterocycles. The number of imidazole rings is 1. The second kappa shape index (κ2) is 4.55. The highest BCUT2D eigenvalue weighted by Crippen LogP contribution is 2.28. The van der Waals surface area contributed by atoms with Gasteiger partial charge in [-0.3, -0.25) is 4.79 Å². The number of carboxylic acid groups (broad SMARTS) is 1. The highest BCUT2D eigenvalue weighted by molar-refractivity contribution is 9.10. The van der Waals surface area contributed by atoms with Gasteiger partial charge in [0.05, 0.1) is 18.2 Å². The van der Waals surface area contributed by atoms with Crippen LogP contribution in [0.4, 0.5) is 0 Å². The molecule has 1 unspecified atom stereocenters. The van der Waals surface area contributed by atoms with Crippen LogP contribution in [0.5, 0.6) is 0 Å². The lowest BCUT2D eigenvalue weighted by Crippen LogP contribution is -2.26. The zero-order valence-electron chi connectivity index (χ0n) is 8.69. The Labute approximate surface area is 101 Å². The topological polar surface area (TPSA) is 75.3 Å². The summed E-state index contributed by atoms with van der Waals surface area (Å²) in [6.07, 6.45) is 1.65. The number of aliphatic hydroxyl groups is 1. The first kappa shape index (κ1) is 11.6. The fourth-order valence-corrected chi connectivity index (χ4v) is 2.67. The van der Waals surface area contributed by atoms with Gasteiger partial charge in [0.1, 0.15) is 10.4 Å². The van der Waals surface area contributed by atoms with Crippen LogP contribution in [0, 0.1) is 5.92 Å². The number of nitrogens with zero attached hydrogens (tertiary/aromatic N) is 2. The van der Waals surface area contributed by atoms with E-state index in [-0.39, 0.29) is 12.5 Å². The van der Waals surface area contributed by atoms with Crippen LogP contribution in [0.15, 0.2) is 4.60 Å². The molecule has 1 aromatic rings. The largest absolute Gasteiger partial charge is 0.481 e. The first-order valence-electron chi connectivity index (χ1n) is 5.21. The lowest BCUT2D eigenvalue weighted by atomic mass is 9.96. The predicted molar refractivity (Wildman–Crippen MR) is 60.2 cm³/mol.